The molecule has 0 bridgehead atoms. The van der Waals surface area contributed by atoms with Crippen molar-refractivity contribution in [2.75, 3.05) is 0 Å². The molecule has 8 aromatic carbocycles. The molecule has 56 heavy (non-hydrogen) atoms. The summed E-state index contributed by atoms with van der Waals surface area (Å²) in [5, 5.41) is 3.79. The van der Waals surface area contributed by atoms with Gasteiger partial charge < -0.3 is 0 Å². The molecule has 2 aliphatic carbocycles. The lowest BCUT2D eigenvalue weighted by molar-refractivity contribution is 0.812. The largest absolute Gasteiger partial charge is 0.248 e. The van der Waals surface area contributed by atoms with Crippen LogP contribution in [0.25, 0.3) is 87.9 Å². The van der Waals surface area contributed by atoms with Crippen LogP contribution in [-0.2, 0) is 5.41 Å². The number of thiophene rings is 1. The summed E-state index contributed by atoms with van der Waals surface area (Å²) in [6, 6.07) is 73.6. The smallest absolute Gasteiger partial charge is 0.0819 e. The van der Waals surface area contributed by atoms with Gasteiger partial charge in [-0.15, -0.1) is 11.3 Å². The zero-order chi connectivity index (χ0) is 36.8. The first kappa shape index (κ1) is 31.5. The molecule has 0 aliphatic heterocycles. The summed E-state index contributed by atoms with van der Waals surface area (Å²) in [7, 11) is 0. The van der Waals surface area contributed by atoms with Crippen LogP contribution >= 0.6 is 11.3 Å². The molecule has 1 spiro atoms. The molecule has 0 unspecified atom stereocenters. The van der Waals surface area contributed by atoms with Gasteiger partial charge in [-0.1, -0.05) is 164 Å². The van der Waals surface area contributed by atoms with Gasteiger partial charge in [-0.2, -0.15) is 0 Å². The Balaban J connectivity index is 1.05. The SMILES string of the molecule is c1ccc(-c2cc(-c3cccc(-c4ccc5c(c4)C4(c6ccccc6-c6ccccc64)c4sc6ccccc6c4-5)c3)cc(-c3ccc4ccccc4c3)n2)cc1. The number of hydrogen-bond acceptors (Lipinski definition) is 2. The third-order valence-electron chi connectivity index (χ3n) is 12.1. The highest BCUT2D eigenvalue weighted by Gasteiger charge is 2.53. The first-order valence-electron chi connectivity index (χ1n) is 19.3. The Morgan fingerprint density at radius 1 is 0.357 bits per heavy atom. The van der Waals surface area contributed by atoms with Gasteiger partial charge in [-0.05, 0) is 103 Å². The average molecular weight is 728 g/mol. The van der Waals surface area contributed by atoms with Crippen molar-refractivity contribution >= 4 is 32.2 Å². The number of hydrogen-bond donors (Lipinski definition) is 0. The van der Waals surface area contributed by atoms with Crippen LogP contribution in [-0.4, -0.2) is 4.98 Å². The minimum Gasteiger partial charge on any atom is -0.248 e. The predicted molar refractivity (Wildman–Crippen MR) is 235 cm³/mol. The van der Waals surface area contributed by atoms with Crippen molar-refractivity contribution in [3.63, 3.8) is 0 Å². The summed E-state index contributed by atoms with van der Waals surface area (Å²) in [6.07, 6.45) is 0. The summed E-state index contributed by atoms with van der Waals surface area (Å²) in [5.74, 6) is 0. The van der Waals surface area contributed by atoms with Gasteiger partial charge in [0.05, 0.1) is 16.8 Å². The third kappa shape index (κ3) is 4.51. The predicted octanol–water partition coefficient (Wildman–Crippen LogP) is 14.5. The summed E-state index contributed by atoms with van der Waals surface area (Å²) in [4.78, 5) is 6.67. The van der Waals surface area contributed by atoms with Gasteiger partial charge in [-0.25, -0.2) is 4.98 Å². The highest BCUT2D eigenvalue weighted by atomic mass is 32.1. The second-order valence-electron chi connectivity index (χ2n) is 15.0. The van der Waals surface area contributed by atoms with E-state index in [9.17, 15) is 0 Å². The Morgan fingerprint density at radius 3 is 1.77 bits per heavy atom. The summed E-state index contributed by atoms with van der Waals surface area (Å²) in [6.45, 7) is 0. The molecule has 12 rings (SSSR count). The maximum Gasteiger partial charge on any atom is 0.0819 e. The molecule has 260 valence electrons. The Kier molecular flexibility index (Phi) is 6.78. The fraction of sp³-hybridized carbons (Fsp3) is 0.0185. The number of nitrogens with zero attached hydrogens (tertiary/aromatic N) is 1. The van der Waals surface area contributed by atoms with E-state index >= 15 is 0 Å². The molecule has 10 aromatic rings. The van der Waals surface area contributed by atoms with Crippen LogP contribution < -0.4 is 0 Å². The summed E-state index contributed by atoms with van der Waals surface area (Å²) < 4.78 is 1.34. The van der Waals surface area contributed by atoms with E-state index in [2.05, 4.69) is 200 Å². The van der Waals surface area contributed by atoms with Gasteiger partial charge in [0.2, 0.25) is 0 Å². The second-order valence-corrected chi connectivity index (χ2v) is 16.1. The van der Waals surface area contributed by atoms with Crippen molar-refractivity contribution in [3.05, 3.63) is 222 Å². The fourth-order valence-corrected chi connectivity index (χ4v) is 11.0. The minimum atomic E-state index is -0.375. The molecular formula is C54H33NS. The highest BCUT2D eigenvalue weighted by molar-refractivity contribution is 7.20. The van der Waals surface area contributed by atoms with E-state index < -0.39 is 0 Å². The summed E-state index contributed by atoms with van der Waals surface area (Å²) in [5.41, 5.74) is 18.0. The number of aromatic nitrogens is 1. The van der Waals surface area contributed by atoms with Crippen LogP contribution in [0.4, 0.5) is 0 Å². The fourth-order valence-electron chi connectivity index (χ4n) is 9.55. The molecule has 2 heteroatoms. The maximum atomic E-state index is 5.24. The molecular weight excluding hydrogens is 695 g/mol. The minimum absolute atomic E-state index is 0.375. The van der Waals surface area contributed by atoms with Crippen molar-refractivity contribution in [3.8, 4) is 67.0 Å². The van der Waals surface area contributed by atoms with E-state index in [1.54, 1.807) is 0 Å². The van der Waals surface area contributed by atoms with Crippen LogP contribution in [0, 0.1) is 0 Å². The van der Waals surface area contributed by atoms with Crippen LogP contribution in [0.2, 0.25) is 0 Å². The van der Waals surface area contributed by atoms with Gasteiger partial charge >= 0.3 is 0 Å². The molecule has 0 N–H and O–H groups in total. The normalized spacial score (nSPS) is 13.1. The lowest BCUT2D eigenvalue weighted by atomic mass is 9.73. The van der Waals surface area contributed by atoms with Crippen molar-refractivity contribution in [2.45, 2.75) is 5.41 Å². The second kappa shape index (κ2) is 12.1. The first-order chi connectivity index (χ1) is 27.7. The Labute approximate surface area is 329 Å². The van der Waals surface area contributed by atoms with Crippen molar-refractivity contribution in [2.24, 2.45) is 0 Å². The molecule has 0 saturated heterocycles. The average Bonchev–Trinajstić information content (AvgIpc) is 3.90. The quantitative estimate of drug-likeness (QED) is 0.176. The van der Waals surface area contributed by atoms with E-state index in [1.807, 2.05) is 11.3 Å². The third-order valence-corrected chi connectivity index (χ3v) is 13.3. The van der Waals surface area contributed by atoms with E-state index in [0.717, 1.165) is 28.1 Å². The van der Waals surface area contributed by atoms with E-state index in [0.29, 0.717) is 0 Å². The molecule has 0 saturated carbocycles. The van der Waals surface area contributed by atoms with Gasteiger partial charge in [0.25, 0.3) is 0 Å². The molecule has 0 atom stereocenters. The number of fused-ring (bicyclic) bond motifs is 13. The van der Waals surface area contributed by atoms with Crippen molar-refractivity contribution < 1.29 is 0 Å². The van der Waals surface area contributed by atoms with Gasteiger partial charge in [-0.3, -0.25) is 0 Å². The monoisotopic (exact) mass is 727 g/mol. The van der Waals surface area contributed by atoms with Crippen LogP contribution in [0.5, 0.6) is 0 Å². The van der Waals surface area contributed by atoms with Crippen molar-refractivity contribution in [1.82, 2.24) is 4.98 Å². The number of pyridine rings is 1. The van der Waals surface area contributed by atoms with E-state index in [-0.39, 0.29) is 5.41 Å². The first-order valence-corrected chi connectivity index (χ1v) is 20.1. The van der Waals surface area contributed by atoms with Gasteiger partial charge in [0, 0.05) is 31.7 Å². The standard InChI is InChI=1S/C54H33NS/c1-2-14-35(15-3-1)49-32-41(33-50(55-49)40-26-25-34-13-4-5-16-36(34)30-40)38-18-12-17-37(29-38)39-27-28-44-48(31-39)54(53-52(44)45-21-8-11-24-51(45)56-53)46-22-9-6-19-42(46)43-20-7-10-23-47(43)54/h1-33H. The summed E-state index contributed by atoms with van der Waals surface area (Å²) >= 11 is 1.96. The number of rotatable bonds is 4. The maximum absolute atomic E-state index is 5.24. The van der Waals surface area contributed by atoms with Gasteiger partial charge in [0.15, 0.2) is 0 Å². The topological polar surface area (TPSA) is 12.9 Å². The van der Waals surface area contributed by atoms with Crippen LogP contribution in [0.3, 0.4) is 0 Å². The Morgan fingerprint density at radius 2 is 0.964 bits per heavy atom. The molecule has 2 aromatic heterocycles. The molecule has 2 aliphatic rings. The molecule has 0 amide bonds. The van der Waals surface area contributed by atoms with Crippen molar-refractivity contribution in [1.29, 1.82) is 0 Å². The van der Waals surface area contributed by atoms with Crippen LogP contribution in [0.15, 0.2) is 200 Å². The van der Waals surface area contributed by atoms with Gasteiger partial charge in [0.1, 0.15) is 0 Å². The molecule has 0 fully saturated rings. The molecule has 2 heterocycles. The number of benzene rings is 8. The lowest BCUT2D eigenvalue weighted by Gasteiger charge is -2.29. The van der Waals surface area contributed by atoms with E-state index in [1.165, 1.54) is 81.4 Å². The molecule has 0 radical (unpaired) electrons. The zero-order valence-corrected chi connectivity index (χ0v) is 31.2. The lowest BCUT2D eigenvalue weighted by Crippen LogP contribution is -2.24. The van der Waals surface area contributed by atoms with E-state index in [4.69, 9.17) is 4.98 Å². The Hall–Kier alpha value is -6.87. The zero-order valence-electron chi connectivity index (χ0n) is 30.4. The highest BCUT2D eigenvalue weighted by Crippen LogP contribution is 2.66. The van der Waals surface area contributed by atoms with Crippen LogP contribution in [0.1, 0.15) is 21.6 Å². The molecule has 1 nitrogen and oxygen atoms in total. The Bertz CT molecular complexity index is 3160.